The minimum absolute atomic E-state index is 1.61. The molecule has 0 aromatic rings. The van der Waals surface area contributed by atoms with E-state index in [-0.39, 0.29) is 0 Å². The van der Waals surface area contributed by atoms with Gasteiger partial charge in [0.15, 0.2) is 0 Å². The third-order valence-corrected chi connectivity index (χ3v) is 1.11. The van der Waals surface area contributed by atoms with Crippen LogP contribution in [0.3, 0.4) is 0 Å². The van der Waals surface area contributed by atoms with Crippen molar-refractivity contribution in [2.75, 3.05) is 7.05 Å². The SMILES string of the molecule is C/C=N/N(C)NI. The van der Waals surface area contributed by atoms with Crippen molar-refractivity contribution in [2.45, 2.75) is 6.92 Å². The molecule has 0 saturated heterocycles. The second kappa shape index (κ2) is 4.32. The van der Waals surface area contributed by atoms with Crippen LogP contribution in [-0.2, 0) is 0 Å². The number of halogens is 1. The molecule has 0 bridgehead atoms. The Balaban J connectivity index is 3.16. The van der Waals surface area contributed by atoms with E-state index in [0.717, 1.165) is 0 Å². The molecule has 0 aliphatic heterocycles. The lowest BCUT2D eigenvalue weighted by atomic mass is 10.9. The lowest BCUT2D eigenvalue weighted by Crippen LogP contribution is -2.18. The van der Waals surface area contributed by atoms with Gasteiger partial charge in [-0.05, 0) is 6.92 Å². The van der Waals surface area contributed by atoms with Crippen LogP contribution in [0.5, 0.6) is 0 Å². The highest BCUT2D eigenvalue weighted by atomic mass is 127. The van der Waals surface area contributed by atoms with Gasteiger partial charge in [0.25, 0.3) is 0 Å². The van der Waals surface area contributed by atoms with Crippen molar-refractivity contribution in [1.82, 2.24) is 8.76 Å². The molecule has 1 N–H and O–H groups in total. The van der Waals surface area contributed by atoms with Gasteiger partial charge in [0.2, 0.25) is 0 Å². The van der Waals surface area contributed by atoms with Gasteiger partial charge in [-0.2, -0.15) is 8.74 Å². The molecule has 0 aromatic heterocycles. The fraction of sp³-hybridized carbons (Fsp3) is 0.667. The Kier molecular flexibility index (Phi) is 4.42. The minimum Gasteiger partial charge on any atom is -0.224 e. The van der Waals surface area contributed by atoms with Crippen LogP contribution in [0.15, 0.2) is 5.10 Å². The summed E-state index contributed by atoms with van der Waals surface area (Å²) < 4.78 is 2.77. The van der Waals surface area contributed by atoms with E-state index in [1.165, 1.54) is 0 Å². The fourth-order valence-electron chi connectivity index (χ4n) is 0.195. The number of hydrogen-bond donors (Lipinski definition) is 1. The first-order valence-corrected chi connectivity index (χ1v) is 2.97. The molecule has 0 aliphatic carbocycles. The van der Waals surface area contributed by atoms with Crippen molar-refractivity contribution in [3.05, 3.63) is 0 Å². The summed E-state index contributed by atoms with van der Waals surface area (Å²) in [6.45, 7) is 1.87. The molecular formula is C3H8IN3. The molecule has 42 valence electrons. The van der Waals surface area contributed by atoms with E-state index in [1.807, 2.05) is 36.8 Å². The average molecular weight is 213 g/mol. The third kappa shape index (κ3) is 4.00. The van der Waals surface area contributed by atoms with E-state index in [9.17, 15) is 0 Å². The summed E-state index contributed by atoms with van der Waals surface area (Å²) in [5, 5.41) is 5.44. The predicted molar refractivity (Wildman–Crippen MR) is 39.1 cm³/mol. The number of nitrogens with one attached hydrogen (secondary N) is 1. The van der Waals surface area contributed by atoms with E-state index in [2.05, 4.69) is 8.74 Å². The first-order valence-electron chi connectivity index (χ1n) is 1.90. The van der Waals surface area contributed by atoms with Crippen LogP contribution in [-0.4, -0.2) is 18.4 Å². The smallest absolute Gasteiger partial charge is 0.0429 e. The van der Waals surface area contributed by atoms with Gasteiger partial charge in [0.05, 0.1) is 0 Å². The van der Waals surface area contributed by atoms with Crippen molar-refractivity contribution < 1.29 is 0 Å². The molecule has 0 unspecified atom stereocenters. The Morgan fingerprint density at radius 1 is 1.86 bits per heavy atom. The van der Waals surface area contributed by atoms with Crippen LogP contribution in [0, 0.1) is 0 Å². The topological polar surface area (TPSA) is 27.6 Å². The standard InChI is InChI=1S/C3H8IN3/c1-3-5-7(2)6-4/h3,6H,1-2H3/b5-3+. The van der Waals surface area contributed by atoms with Gasteiger partial charge in [-0.1, -0.05) is 0 Å². The second-order valence-electron chi connectivity index (χ2n) is 0.982. The van der Waals surface area contributed by atoms with E-state index in [1.54, 1.807) is 11.3 Å². The second-order valence-corrected chi connectivity index (χ2v) is 1.46. The van der Waals surface area contributed by atoms with Gasteiger partial charge in [0.1, 0.15) is 0 Å². The Morgan fingerprint density at radius 3 is 2.57 bits per heavy atom. The lowest BCUT2D eigenvalue weighted by molar-refractivity contribution is 0.346. The Morgan fingerprint density at radius 2 is 2.43 bits per heavy atom. The number of nitrogens with zero attached hydrogens (tertiary/aromatic N) is 2. The molecule has 0 fully saturated rings. The summed E-state index contributed by atoms with van der Waals surface area (Å²) in [5.41, 5.74) is 0. The Hall–Kier alpha value is 0.160. The molecule has 0 atom stereocenters. The fourth-order valence-corrected chi connectivity index (χ4v) is 0.320. The minimum atomic E-state index is 1.61. The van der Waals surface area contributed by atoms with Gasteiger partial charge in [-0.3, -0.25) is 0 Å². The molecule has 0 aliphatic rings. The largest absolute Gasteiger partial charge is 0.224 e. The molecule has 0 saturated carbocycles. The van der Waals surface area contributed by atoms with Crippen molar-refractivity contribution in [1.29, 1.82) is 0 Å². The molecule has 3 nitrogen and oxygen atoms in total. The molecule has 7 heavy (non-hydrogen) atoms. The van der Waals surface area contributed by atoms with E-state index >= 15 is 0 Å². The maximum Gasteiger partial charge on any atom is 0.0429 e. The zero-order valence-electron chi connectivity index (χ0n) is 4.35. The summed E-state index contributed by atoms with van der Waals surface area (Å²) >= 11 is 2.00. The first kappa shape index (κ1) is 7.16. The van der Waals surface area contributed by atoms with Gasteiger partial charge in [-0.25, -0.2) is 5.12 Å². The monoisotopic (exact) mass is 213 g/mol. The predicted octanol–water partition coefficient (Wildman–Crippen LogP) is 0.779. The van der Waals surface area contributed by atoms with Crippen LogP contribution in [0.25, 0.3) is 0 Å². The summed E-state index contributed by atoms with van der Waals surface area (Å²) in [7, 11) is 1.83. The summed E-state index contributed by atoms with van der Waals surface area (Å²) in [6.07, 6.45) is 1.71. The number of rotatable bonds is 2. The average Bonchev–Trinajstić information content (AvgIpc) is 1.68. The molecule has 0 spiro atoms. The zero-order chi connectivity index (χ0) is 5.70. The maximum atomic E-state index is 3.83. The third-order valence-electron chi connectivity index (χ3n) is 0.411. The highest BCUT2D eigenvalue weighted by molar-refractivity contribution is 14.1. The highest BCUT2D eigenvalue weighted by Crippen LogP contribution is 1.76. The van der Waals surface area contributed by atoms with Crippen LogP contribution in [0.4, 0.5) is 0 Å². The number of hydrazone groups is 1. The molecule has 0 rings (SSSR count). The lowest BCUT2D eigenvalue weighted by Gasteiger charge is -2.05. The van der Waals surface area contributed by atoms with Crippen LogP contribution < -0.4 is 3.64 Å². The Bertz CT molecular complexity index is 63.2. The number of hydrogen-bond acceptors (Lipinski definition) is 3. The quantitative estimate of drug-likeness (QED) is 0.317. The molecule has 0 amide bonds. The van der Waals surface area contributed by atoms with Crippen LogP contribution >= 0.6 is 22.9 Å². The van der Waals surface area contributed by atoms with Gasteiger partial charge in [0, 0.05) is 36.1 Å². The van der Waals surface area contributed by atoms with E-state index in [0.29, 0.717) is 0 Å². The molecule has 0 aromatic carbocycles. The summed E-state index contributed by atoms with van der Waals surface area (Å²) in [6, 6.07) is 0. The highest BCUT2D eigenvalue weighted by Gasteiger charge is 1.77. The van der Waals surface area contributed by atoms with Gasteiger partial charge < -0.3 is 0 Å². The number of hydrazine groups is 1. The zero-order valence-corrected chi connectivity index (χ0v) is 6.51. The van der Waals surface area contributed by atoms with Crippen LogP contribution in [0.2, 0.25) is 0 Å². The summed E-state index contributed by atoms with van der Waals surface area (Å²) in [5.74, 6) is 0. The first-order chi connectivity index (χ1) is 3.31. The van der Waals surface area contributed by atoms with Crippen LogP contribution in [0.1, 0.15) is 6.92 Å². The van der Waals surface area contributed by atoms with E-state index < -0.39 is 0 Å². The van der Waals surface area contributed by atoms with Crippen molar-refractivity contribution in [3.8, 4) is 0 Å². The van der Waals surface area contributed by atoms with Gasteiger partial charge in [-0.15, -0.1) is 0 Å². The molecule has 0 heterocycles. The molecule has 0 radical (unpaired) electrons. The van der Waals surface area contributed by atoms with E-state index in [4.69, 9.17) is 0 Å². The summed E-state index contributed by atoms with van der Waals surface area (Å²) in [4.78, 5) is 0. The maximum absolute atomic E-state index is 3.83. The normalized spacial score (nSPS) is 10.1. The van der Waals surface area contributed by atoms with Gasteiger partial charge >= 0.3 is 0 Å². The molecule has 4 heteroatoms. The van der Waals surface area contributed by atoms with Crippen molar-refractivity contribution in [2.24, 2.45) is 5.10 Å². The molecular weight excluding hydrogens is 205 g/mol. The Labute approximate surface area is 57.2 Å². The van der Waals surface area contributed by atoms with Crippen molar-refractivity contribution >= 4 is 29.1 Å². The van der Waals surface area contributed by atoms with Crippen molar-refractivity contribution in [3.63, 3.8) is 0 Å².